The molecule has 2 aromatic carbocycles. The largest absolute Gasteiger partial charge is 0.483 e. The standard InChI is InChI=1S/C30H39N5O2/c1-23(2)33-12-14-34(15-13-33)27-8-5-24(6-9-27)25-7-10-28-29(20-25)37-22-30-31-26(21-35(28)30)4-3-11-32-16-18-36-19-17-32/h5-10,20-21,23H,3-4,11-19,22H2,1-2H3. The maximum atomic E-state index is 6.15. The van der Waals surface area contributed by atoms with Crippen molar-refractivity contribution in [3.05, 3.63) is 60.2 Å². The topological polar surface area (TPSA) is 46.0 Å². The van der Waals surface area contributed by atoms with Gasteiger partial charge in [0.05, 0.1) is 24.6 Å². The zero-order valence-corrected chi connectivity index (χ0v) is 22.2. The van der Waals surface area contributed by atoms with Crippen molar-refractivity contribution in [1.82, 2.24) is 19.4 Å². The SMILES string of the molecule is CC(C)N1CCN(c2ccc(-c3ccc4c(c3)OCc3nc(CCCN5CCOCC5)cn3-4)cc2)CC1. The predicted octanol–water partition coefficient (Wildman–Crippen LogP) is 4.23. The van der Waals surface area contributed by atoms with E-state index >= 15 is 0 Å². The van der Waals surface area contributed by atoms with Crippen molar-refractivity contribution in [3.63, 3.8) is 0 Å². The van der Waals surface area contributed by atoms with Crippen LogP contribution in [-0.2, 0) is 17.8 Å². The number of benzene rings is 2. The van der Waals surface area contributed by atoms with E-state index in [9.17, 15) is 0 Å². The third-order valence-corrected chi connectivity index (χ3v) is 8.03. The Bertz CT molecular complexity index is 1190. The van der Waals surface area contributed by atoms with E-state index in [0.717, 1.165) is 94.8 Å². The molecule has 0 N–H and O–H groups in total. The average Bonchev–Trinajstić information content (AvgIpc) is 3.37. The molecule has 0 unspecified atom stereocenters. The molecule has 37 heavy (non-hydrogen) atoms. The van der Waals surface area contributed by atoms with Crippen LogP contribution in [-0.4, -0.2) is 84.4 Å². The van der Waals surface area contributed by atoms with Gasteiger partial charge in [-0.15, -0.1) is 0 Å². The summed E-state index contributed by atoms with van der Waals surface area (Å²) in [6, 6.07) is 16.2. The van der Waals surface area contributed by atoms with Gasteiger partial charge in [0.1, 0.15) is 12.4 Å². The number of hydrogen-bond acceptors (Lipinski definition) is 6. The lowest BCUT2D eigenvalue weighted by Crippen LogP contribution is -2.48. The number of hydrogen-bond donors (Lipinski definition) is 0. The summed E-state index contributed by atoms with van der Waals surface area (Å²) in [5.41, 5.74) is 5.94. The number of fused-ring (bicyclic) bond motifs is 3. The maximum absolute atomic E-state index is 6.15. The third kappa shape index (κ3) is 5.40. The fourth-order valence-electron chi connectivity index (χ4n) is 5.72. The molecule has 6 rings (SSSR count). The zero-order valence-electron chi connectivity index (χ0n) is 22.2. The first kappa shape index (κ1) is 24.5. The average molecular weight is 502 g/mol. The number of aromatic nitrogens is 2. The number of ether oxygens (including phenoxy) is 2. The molecule has 3 aliphatic rings. The van der Waals surface area contributed by atoms with Crippen LogP contribution in [0.5, 0.6) is 5.75 Å². The lowest BCUT2D eigenvalue weighted by molar-refractivity contribution is 0.0374. The van der Waals surface area contributed by atoms with E-state index in [2.05, 4.69) is 81.8 Å². The first-order valence-electron chi connectivity index (χ1n) is 13.9. The Morgan fingerprint density at radius 2 is 1.65 bits per heavy atom. The summed E-state index contributed by atoms with van der Waals surface area (Å²) in [6.45, 7) is 14.4. The van der Waals surface area contributed by atoms with Gasteiger partial charge in [-0.25, -0.2) is 4.98 Å². The number of morpholine rings is 1. The number of anilines is 1. The highest BCUT2D eigenvalue weighted by atomic mass is 16.5. The smallest absolute Gasteiger partial charge is 0.151 e. The van der Waals surface area contributed by atoms with E-state index < -0.39 is 0 Å². The van der Waals surface area contributed by atoms with Crippen LogP contribution >= 0.6 is 0 Å². The number of rotatable bonds is 7. The first-order valence-corrected chi connectivity index (χ1v) is 13.9. The van der Waals surface area contributed by atoms with Gasteiger partial charge >= 0.3 is 0 Å². The third-order valence-electron chi connectivity index (χ3n) is 8.03. The van der Waals surface area contributed by atoms with Crippen LogP contribution in [0.4, 0.5) is 5.69 Å². The molecule has 3 aliphatic heterocycles. The highest BCUT2D eigenvalue weighted by molar-refractivity contribution is 5.70. The van der Waals surface area contributed by atoms with Crippen molar-refractivity contribution in [3.8, 4) is 22.6 Å². The van der Waals surface area contributed by atoms with Gasteiger partial charge in [0.15, 0.2) is 5.82 Å². The molecule has 1 aromatic heterocycles. The molecule has 0 bridgehead atoms. The number of aryl methyl sites for hydroxylation is 1. The highest BCUT2D eigenvalue weighted by Crippen LogP contribution is 2.35. The van der Waals surface area contributed by atoms with Gasteiger partial charge in [0, 0.05) is 57.2 Å². The number of imidazole rings is 1. The lowest BCUT2D eigenvalue weighted by Gasteiger charge is -2.38. The first-order chi connectivity index (χ1) is 18.1. The van der Waals surface area contributed by atoms with Crippen LogP contribution in [0.1, 0.15) is 31.8 Å². The maximum Gasteiger partial charge on any atom is 0.151 e. The summed E-state index contributed by atoms with van der Waals surface area (Å²) in [5.74, 6) is 1.92. The second-order valence-corrected chi connectivity index (χ2v) is 10.7. The van der Waals surface area contributed by atoms with Crippen LogP contribution in [0.25, 0.3) is 16.8 Å². The molecular formula is C30H39N5O2. The molecule has 0 saturated carbocycles. The number of nitrogens with zero attached hydrogens (tertiary/aromatic N) is 5. The summed E-state index contributed by atoms with van der Waals surface area (Å²) in [4.78, 5) is 12.4. The Balaban J connectivity index is 1.11. The van der Waals surface area contributed by atoms with Crippen molar-refractivity contribution < 1.29 is 9.47 Å². The van der Waals surface area contributed by atoms with Crippen LogP contribution in [0.3, 0.4) is 0 Å². The van der Waals surface area contributed by atoms with Crippen molar-refractivity contribution in [1.29, 1.82) is 0 Å². The predicted molar refractivity (Wildman–Crippen MR) is 148 cm³/mol. The molecule has 0 radical (unpaired) electrons. The van der Waals surface area contributed by atoms with Crippen LogP contribution < -0.4 is 9.64 Å². The molecule has 0 atom stereocenters. The molecule has 0 amide bonds. The van der Waals surface area contributed by atoms with E-state index in [1.54, 1.807) is 0 Å². The highest BCUT2D eigenvalue weighted by Gasteiger charge is 2.21. The summed E-state index contributed by atoms with van der Waals surface area (Å²) >= 11 is 0. The summed E-state index contributed by atoms with van der Waals surface area (Å²) in [6.07, 6.45) is 4.31. The molecule has 0 aliphatic carbocycles. The van der Waals surface area contributed by atoms with Crippen molar-refractivity contribution in [2.24, 2.45) is 0 Å². The minimum Gasteiger partial charge on any atom is -0.483 e. The van der Waals surface area contributed by atoms with Crippen LogP contribution in [0.15, 0.2) is 48.7 Å². The normalized spacial score (nSPS) is 18.5. The minimum absolute atomic E-state index is 0.515. The van der Waals surface area contributed by atoms with Gasteiger partial charge in [-0.3, -0.25) is 14.4 Å². The van der Waals surface area contributed by atoms with Crippen molar-refractivity contribution in [2.75, 3.05) is 63.9 Å². The van der Waals surface area contributed by atoms with Gasteiger partial charge in [-0.2, -0.15) is 0 Å². The number of piperazine rings is 1. The molecule has 0 spiro atoms. The van der Waals surface area contributed by atoms with Crippen LogP contribution in [0.2, 0.25) is 0 Å². The second kappa shape index (κ2) is 10.9. The van der Waals surface area contributed by atoms with Gasteiger partial charge in [-0.1, -0.05) is 18.2 Å². The van der Waals surface area contributed by atoms with Gasteiger partial charge in [0.2, 0.25) is 0 Å². The Hall–Kier alpha value is -2.87. The van der Waals surface area contributed by atoms with Gasteiger partial charge in [-0.05, 0) is 68.6 Å². The lowest BCUT2D eigenvalue weighted by atomic mass is 10.0. The Labute approximate surface area is 220 Å². The van der Waals surface area contributed by atoms with E-state index in [1.807, 2.05) is 0 Å². The molecule has 196 valence electrons. The Morgan fingerprint density at radius 3 is 2.41 bits per heavy atom. The summed E-state index contributed by atoms with van der Waals surface area (Å²) < 4.78 is 13.8. The molecule has 2 saturated heterocycles. The molecule has 7 heteroatoms. The quantitative estimate of drug-likeness (QED) is 0.483. The van der Waals surface area contributed by atoms with E-state index in [4.69, 9.17) is 14.5 Å². The van der Waals surface area contributed by atoms with Crippen molar-refractivity contribution in [2.45, 2.75) is 39.3 Å². The monoisotopic (exact) mass is 501 g/mol. The minimum atomic E-state index is 0.515. The molecule has 3 aromatic rings. The Kier molecular flexibility index (Phi) is 7.18. The fourth-order valence-corrected chi connectivity index (χ4v) is 5.72. The van der Waals surface area contributed by atoms with Gasteiger partial charge < -0.3 is 14.4 Å². The summed E-state index contributed by atoms with van der Waals surface area (Å²) in [7, 11) is 0. The molecular weight excluding hydrogens is 462 g/mol. The Morgan fingerprint density at radius 1 is 0.892 bits per heavy atom. The van der Waals surface area contributed by atoms with Crippen molar-refractivity contribution >= 4 is 5.69 Å². The van der Waals surface area contributed by atoms with E-state index in [1.165, 1.54) is 16.8 Å². The molecule has 4 heterocycles. The van der Waals surface area contributed by atoms with Crippen LogP contribution in [0, 0.1) is 0 Å². The van der Waals surface area contributed by atoms with E-state index in [0.29, 0.717) is 12.6 Å². The second-order valence-electron chi connectivity index (χ2n) is 10.7. The summed E-state index contributed by atoms with van der Waals surface area (Å²) in [5, 5.41) is 0. The van der Waals surface area contributed by atoms with Gasteiger partial charge in [0.25, 0.3) is 0 Å². The molecule has 2 fully saturated rings. The fraction of sp³-hybridized carbons (Fsp3) is 0.500. The molecule has 7 nitrogen and oxygen atoms in total. The zero-order chi connectivity index (χ0) is 25.2. The van der Waals surface area contributed by atoms with E-state index in [-0.39, 0.29) is 0 Å².